The van der Waals surface area contributed by atoms with Gasteiger partial charge in [-0.3, -0.25) is 4.79 Å². The van der Waals surface area contributed by atoms with Gasteiger partial charge in [0, 0.05) is 6.42 Å². The van der Waals surface area contributed by atoms with E-state index in [0.717, 1.165) is 19.5 Å². The molecule has 15 heavy (non-hydrogen) atoms. The summed E-state index contributed by atoms with van der Waals surface area (Å²) >= 11 is 0. The summed E-state index contributed by atoms with van der Waals surface area (Å²) in [6, 6.07) is 0. The summed E-state index contributed by atoms with van der Waals surface area (Å²) in [4.78, 5) is 11.4. The van der Waals surface area contributed by atoms with E-state index in [9.17, 15) is 4.79 Å². The molecule has 0 aliphatic carbocycles. The van der Waals surface area contributed by atoms with E-state index in [1.807, 2.05) is 13.8 Å². The summed E-state index contributed by atoms with van der Waals surface area (Å²) in [6.45, 7) is 8.04. The van der Waals surface area contributed by atoms with Crippen molar-refractivity contribution in [3.63, 3.8) is 0 Å². The molecule has 1 aliphatic heterocycles. The summed E-state index contributed by atoms with van der Waals surface area (Å²) in [5.41, 5.74) is 0. The Morgan fingerprint density at radius 3 is 2.73 bits per heavy atom. The van der Waals surface area contributed by atoms with Gasteiger partial charge in [0.1, 0.15) is 0 Å². The molecule has 0 aromatic rings. The zero-order chi connectivity index (χ0) is 10.6. The first-order chi connectivity index (χ1) is 6.59. The lowest BCUT2D eigenvalue weighted by Crippen LogP contribution is -2.36. The molecule has 2 atom stereocenters. The first-order valence-corrected chi connectivity index (χ1v) is 5.49. The van der Waals surface area contributed by atoms with E-state index in [4.69, 9.17) is 4.74 Å². The highest BCUT2D eigenvalue weighted by molar-refractivity contribution is 5.85. The van der Waals surface area contributed by atoms with Crippen LogP contribution in [0.4, 0.5) is 0 Å². The second-order valence-corrected chi connectivity index (χ2v) is 4.47. The third-order valence-electron chi connectivity index (χ3n) is 2.76. The second kappa shape index (κ2) is 7.07. The van der Waals surface area contributed by atoms with Crippen molar-refractivity contribution in [2.24, 2.45) is 11.8 Å². The molecule has 3 nitrogen and oxygen atoms in total. The lowest BCUT2D eigenvalue weighted by Gasteiger charge is -2.28. The van der Waals surface area contributed by atoms with Gasteiger partial charge in [-0.05, 0) is 45.2 Å². The molecule has 0 radical (unpaired) electrons. The number of ether oxygens (including phenoxy) is 1. The van der Waals surface area contributed by atoms with Gasteiger partial charge in [0.15, 0.2) is 0 Å². The van der Waals surface area contributed by atoms with Gasteiger partial charge in [0.25, 0.3) is 0 Å². The average Bonchev–Trinajstić information content (AvgIpc) is 2.07. The summed E-state index contributed by atoms with van der Waals surface area (Å²) in [7, 11) is 0. The van der Waals surface area contributed by atoms with Gasteiger partial charge >= 0.3 is 5.97 Å². The van der Waals surface area contributed by atoms with Gasteiger partial charge in [-0.25, -0.2) is 0 Å². The minimum absolute atomic E-state index is 0. The van der Waals surface area contributed by atoms with E-state index in [0.29, 0.717) is 18.3 Å². The highest BCUT2D eigenvalue weighted by Crippen LogP contribution is 2.22. The zero-order valence-electron chi connectivity index (χ0n) is 9.79. The molecule has 0 amide bonds. The molecular weight excluding hydrogens is 214 g/mol. The molecule has 4 heteroatoms. The quantitative estimate of drug-likeness (QED) is 0.761. The van der Waals surface area contributed by atoms with Crippen LogP contribution < -0.4 is 5.32 Å². The Morgan fingerprint density at radius 1 is 1.53 bits per heavy atom. The summed E-state index contributed by atoms with van der Waals surface area (Å²) in [6.07, 6.45) is 1.69. The van der Waals surface area contributed by atoms with Crippen molar-refractivity contribution in [2.75, 3.05) is 13.1 Å². The second-order valence-electron chi connectivity index (χ2n) is 4.47. The Morgan fingerprint density at radius 2 is 2.20 bits per heavy atom. The molecule has 1 rings (SSSR count). The molecule has 1 N–H and O–H groups in total. The zero-order valence-corrected chi connectivity index (χ0v) is 10.6. The number of esters is 1. The molecule has 2 unspecified atom stereocenters. The molecule has 0 saturated carbocycles. The third-order valence-corrected chi connectivity index (χ3v) is 2.76. The molecular formula is C11H22ClNO2. The minimum atomic E-state index is -0.0428. The predicted molar refractivity (Wildman–Crippen MR) is 63.2 cm³/mol. The number of rotatable bonds is 3. The van der Waals surface area contributed by atoms with Gasteiger partial charge in [0.2, 0.25) is 0 Å². The van der Waals surface area contributed by atoms with Crippen molar-refractivity contribution in [1.29, 1.82) is 0 Å². The van der Waals surface area contributed by atoms with Crippen LogP contribution >= 0.6 is 12.4 Å². The summed E-state index contributed by atoms with van der Waals surface area (Å²) in [5.74, 6) is 1.05. The Kier molecular flexibility index (Phi) is 6.94. The third kappa shape index (κ3) is 5.38. The molecule has 0 bridgehead atoms. The van der Waals surface area contributed by atoms with Crippen molar-refractivity contribution in [1.82, 2.24) is 5.32 Å². The number of hydrogen-bond donors (Lipinski definition) is 1. The van der Waals surface area contributed by atoms with Crippen LogP contribution in [0.2, 0.25) is 0 Å². The van der Waals surface area contributed by atoms with E-state index < -0.39 is 0 Å². The smallest absolute Gasteiger partial charge is 0.306 e. The molecule has 1 saturated heterocycles. The molecule has 1 fully saturated rings. The van der Waals surface area contributed by atoms with Gasteiger partial charge in [-0.1, -0.05) is 6.92 Å². The minimum Gasteiger partial charge on any atom is -0.463 e. The molecule has 1 heterocycles. The average molecular weight is 236 g/mol. The first kappa shape index (κ1) is 14.7. The SMILES string of the molecule is CC(C)OC(=O)CC1CCNCC1C.Cl. The van der Waals surface area contributed by atoms with Gasteiger partial charge in [-0.15, -0.1) is 12.4 Å². The number of carbonyl (C=O) groups is 1. The first-order valence-electron chi connectivity index (χ1n) is 5.49. The van der Waals surface area contributed by atoms with Gasteiger partial charge < -0.3 is 10.1 Å². The van der Waals surface area contributed by atoms with Crippen LogP contribution in [-0.4, -0.2) is 25.2 Å². The number of nitrogens with one attached hydrogen (secondary N) is 1. The van der Waals surface area contributed by atoms with Crippen molar-refractivity contribution >= 4 is 18.4 Å². The highest BCUT2D eigenvalue weighted by Gasteiger charge is 2.24. The van der Waals surface area contributed by atoms with Crippen molar-refractivity contribution in [3.05, 3.63) is 0 Å². The van der Waals surface area contributed by atoms with Crippen LogP contribution in [-0.2, 0) is 9.53 Å². The highest BCUT2D eigenvalue weighted by atomic mass is 35.5. The fraction of sp³-hybridized carbons (Fsp3) is 0.909. The fourth-order valence-electron chi connectivity index (χ4n) is 1.90. The van der Waals surface area contributed by atoms with Crippen LogP contribution in [0.3, 0.4) is 0 Å². The lowest BCUT2D eigenvalue weighted by atomic mass is 9.85. The summed E-state index contributed by atoms with van der Waals surface area (Å²) in [5, 5.41) is 3.33. The van der Waals surface area contributed by atoms with Crippen LogP contribution in [0.5, 0.6) is 0 Å². The number of carbonyl (C=O) groups excluding carboxylic acids is 1. The molecule has 1 aliphatic rings. The maximum absolute atomic E-state index is 11.4. The van der Waals surface area contributed by atoms with Crippen LogP contribution in [0, 0.1) is 11.8 Å². The largest absolute Gasteiger partial charge is 0.463 e. The normalized spacial score (nSPS) is 25.9. The van der Waals surface area contributed by atoms with Crippen molar-refractivity contribution in [3.8, 4) is 0 Å². The molecule has 0 spiro atoms. The number of hydrogen-bond acceptors (Lipinski definition) is 3. The Hall–Kier alpha value is -0.280. The maximum atomic E-state index is 11.4. The Balaban J connectivity index is 0.00000196. The molecule has 90 valence electrons. The monoisotopic (exact) mass is 235 g/mol. The van der Waals surface area contributed by atoms with Crippen molar-refractivity contribution < 1.29 is 9.53 Å². The van der Waals surface area contributed by atoms with E-state index in [-0.39, 0.29) is 24.5 Å². The molecule has 0 aromatic carbocycles. The van der Waals surface area contributed by atoms with Crippen LogP contribution in [0.25, 0.3) is 0 Å². The Labute approximate surface area is 98.4 Å². The maximum Gasteiger partial charge on any atom is 0.306 e. The van der Waals surface area contributed by atoms with Gasteiger partial charge in [0.05, 0.1) is 6.10 Å². The van der Waals surface area contributed by atoms with Crippen LogP contribution in [0.1, 0.15) is 33.6 Å². The lowest BCUT2D eigenvalue weighted by molar-refractivity contribution is -0.149. The van der Waals surface area contributed by atoms with E-state index in [1.165, 1.54) is 0 Å². The van der Waals surface area contributed by atoms with E-state index in [2.05, 4.69) is 12.2 Å². The van der Waals surface area contributed by atoms with E-state index in [1.54, 1.807) is 0 Å². The Bertz CT molecular complexity index is 197. The predicted octanol–water partition coefficient (Wildman–Crippen LogP) is 2.00. The molecule has 0 aromatic heterocycles. The van der Waals surface area contributed by atoms with E-state index >= 15 is 0 Å². The van der Waals surface area contributed by atoms with Crippen molar-refractivity contribution in [2.45, 2.75) is 39.7 Å². The van der Waals surface area contributed by atoms with Crippen LogP contribution in [0.15, 0.2) is 0 Å². The van der Waals surface area contributed by atoms with Gasteiger partial charge in [-0.2, -0.15) is 0 Å². The summed E-state index contributed by atoms with van der Waals surface area (Å²) < 4.78 is 5.14. The number of piperidine rings is 1. The topological polar surface area (TPSA) is 38.3 Å². The standard InChI is InChI=1S/C11H21NO2.ClH/c1-8(2)14-11(13)6-10-4-5-12-7-9(10)3;/h8-10,12H,4-7H2,1-3H3;1H. The fourth-order valence-corrected chi connectivity index (χ4v) is 1.90. The number of halogens is 1.